The van der Waals surface area contributed by atoms with Crippen LogP contribution in [0.1, 0.15) is 47.0 Å². The van der Waals surface area contributed by atoms with E-state index in [1.165, 1.54) is 18.6 Å². The van der Waals surface area contributed by atoms with Crippen LogP contribution in [0.4, 0.5) is 4.79 Å². The van der Waals surface area contributed by atoms with Gasteiger partial charge in [0.15, 0.2) is 0 Å². The van der Waals surface area contributed by atoms with Gasteiger partial charge in [0.1, 0.15) is 5.60 Å². The molecule has 1 saturated heterocycles. The van der Waals surface area contributed by atoms with Gasteiger partial charge in [-0.2, -0.15) is 11.8 Å². The Bertz CT molecular complexity index is 330. The first-order valence-corrected chi connectivity index (χ1v) is 8.27. The summed E-state index contributed by atoms with van der Waals surface area (Å²) in [4.78, 5) is 11.6. The number of ether oxygens (including phenoxy) is 1. The van der Waals surface area contributed by atoms with Gasteiger partial charge in [-0.25, -0.2) is 4.79 Å². The van der Waals surface area contributed by atoms with Crippen LogP contribution in [0.3, 0.4) is 0 Å². The van der Waals surface area contributed by atoms with Crippen LogP contribution in [0.5, 0.6) is 0 Å². The molecule has 1 amide bonds. The van der Waals surface area contributed by atoms with Gasteiger partial charge in [-0.15, -0.1) is 0 Å². The molecule has 4 atom stereocenters. The van der Waals surface area contributed by atoms with Crippen molar-refractivity contribution in [3.8, 4) is 0 Å². The van der Waals surface area contributed by atoms with Crippen LogP contribution in [0.25, 0.3) is 0 Å². The third kappa shape index (κ3) is 4.88. The maximum absolute atomic E-state index is 11.6. The number of thioether (sulfide) groups is 1. The van der Waals surface area contributed by atoms with Gasteiger partial charge in [0.2, 0.25) is 0 Å². The normalized spacial score (nSPS) is 34.7. The van der Waals surface area contributed by atoms with Gasteiger partial charge in [-0.1, -0.05) is 6.92 Å². The number of amides is 1. The molecular weight excluding hydrogens is 260 g/mol. The van der Waals surface area contributed by atoms with Crippen molar-refractivity contribution in [1.29, 1.82) is 0 Å². The topological polar surface area (TPSA) is 50.4 Å². The molecule has 0 spiro atoms. The van der Waals surface area contributed by atoms with Crippen molar-refractivity contribution in [3.63, 3.8) is 0 Å². The number of carbonyl (C=O) groups excluding carboxylic acids is 1. The lowest BCUT2D eigenvalue weighted by atomic mass is 10.1. The van der Waals surface area contributed by atoms with E-state index >= 15 is 0 Å². The molecule has 2 fully saturated rings. The van der Waals surface area contributed by atoms with Crippen molar-refractivity contribution < 1.29 is 9.53 Å². The minimum atomic E-state index is -0.420. The smallest absolute Gasteiger partial charge is 0.407 e. The Morgan fingerprint density at radius 1 is 1.26 bits per heavy atom. The SMILES string of the molecule is CC1SCCCC1NC1CC1NC(=O)OC(C)(C)C. The monoisotopic (exact) mass is 286 g/mol. The summed E-state index contributed by atoms with van der Waals surface area (Å²) in [5.74, 6) is 1.28. The third-order valence-corrected chi connectivity index (χ3v) is 4.91. The van der Waals surface area contributed by atoms with E-state index in [0.717, 1.165) is 6.42 Å². The van der Waals surface area contributed by atoms with E-state index in [2.05, 4.69) is 17.6 Å². The lowest BCUT2D eigenvalue weighted by Gasteiger charge is -2.29. The highest BCUT2D eigenvalue weighted by molar-refractivity contribution is 7.99. The molecule has 1 aliphatic heterocycles. The lowest BCUT2D eigenvalue weighted by molar-refractivity contribution is 0.0522. The van der Waals surface area contributed by atoms with Crippen molar-refractivity contribution in [2.75, 3.05) is 5.75 Å². The molecule has 1 heterocycles. The minimum absolute atomic E-state index is 0.244. The third-order valence-electron chi connectivity index (χ3n) is 3.53. The van der Waals surface area contributed by atoms with Crippen LogP contribution in [0.2, 0.25) is 0 Å². The summed E-state index contributed by atoms with van der Waals surface area (Å²) in [5.41, 5.74) is -0.420. The summed E-state index contributed by atoms with van der Waals surface area (Å²) in [6.07, 6.45) is 3.27. The molecule has 0 radical (unpaired) electrons. The molecule has 5 heteroatoms. The maximum atomic E-state index is 11.6. The summed E-state index contributed by atoms with van der Waals surface area (Å²) in [5, 5.41) is 7.28. The Kier molecular flexibility index (Phi) is 4.66. The highest BCUT2D eigenvalue weighted by atomic mass is 32.2. The average Bonchev–Trinajstić information content (AvgIpc) is 2.97. The van der Waals surface area contributed by atoms with Crippen LogP contribution in [0.15, 0.2) is 0 Å². The van der Waals surface area contributed by atoms with Crippen LogP contribution in [-0.2, 0) is 4.74 Å². The second-order valence-corrected chi connectivity index (χ2v) is 8.07. The van der Waals surface area contributed by atoms with E-state index in [1.54, 1.807) is 0 Å². The Morgan fingerprint density at radius 2 is 2.00 bits per heavy atom. The summed E-state index contributed by atoms with van der Waals surface area (Å²) >= 11 is 2.04. The fourth-order valence-electron chi connectivity index (χ4n) is 2.41. The molecule has 19 heavy (non-hydrogen) atoms. The van der Waals surface area contributed by atoms with E-state index in [4.69, 9.17) is 4.74 Å². The number of hydrogen-bond donors (Lipinski definition) is 2. The van der Waals surface area contributed by atoms with E-state index in [1.807, 2.05) is 32.5 Å². The largest absolute Gasteiger partial charge is 0.444 e. The van der Waals surface area contributed by atoms with Gasteiger partial charge in [0, 0.05) is 23.4 Å². The number of carbonyl (C=O) groups is 1. The van der Waals surface area contributed by atoms with Crippen molar-refractivity contribution >= 4 is 17.9 Å². The highest BCUT2D eigenvalue weighted by Crippen LogP contribution is 2.29. The zero-order valence-corrected chi connectivity index (χ0v) is 13.2. The fourth-order valence-corrected chi connectivity index (χ4v) is 3.57. The minimum Gasteiger partial charge on any atom is -0.444 e. The van der Waals surface area contributed by atoms with Crippen LogP contribution in [0, 0.1) is 0 Å². The molecule has 0 aromatic rings. The van der Waals surface area contributed by atoms with Gasteiger partial charge in [0.05, 0.1) is 0 Å². The van der Waals surface area contributed by atoms with E-state index in [9.17, 15) is 4.79 Å². The van der Waals surface area contributed by atoms with Gasteiger partial charge in [-0.05, 0) is 45.8 Å². The van der Waals surface area contributed by atoms with E-state index < -0.39 is 5.60 Å². The quantitative estimate of drug-likeness (QED) is 0.837. The molecule has 4 unspecified atom stereocenters. The Hall–Kier alpha value is -0.420. The Labute approximate surface area is 120 Å². The summed E-state index contributed by atoms with van der Waals surface area (Å²) in [7, 11) is 0. The standard InChI is InChI=1S/C14H26N2O2S/c1-9-10(6-5-7-19-9)15-11-8-12(11)16-13(17)18-14(2,3)4/h9-12,15H,5-8H2,1-4H3,(H,16,17). The summed E-state index contributed by atoms with van der Waals surface area (Å²) in [6.45, 7) is 7.95. The zero-order valence-electron chi connectivity index (χ0n) is 12.4. The number of rotatable bonds is 3. The summed E-state index contributed by atoms with van der Waals surface area (Å²) < 4.78 is 5.27. The second kappa shape index (κ2) is 5.92. The van der Waals surface area contributed by atoms with Gasteiger partial charge in [0.25, 0.3) is 0 Å². The molecular formula is C14H26N2O2S. The zero-order chi connectivity index (χ0) is 14.0. The number of nitrogens with one attached hydrogen (secondary N) is 2. The van der Waals surface area contributed by atoms with Crippen molar-refractivity contribution in [2.24, 2.45) is 0 Å². The molecule has 1 aliphatic carbocycles. The predicted octanol–water partition coefficient (Wildman–Crippen LogP) is 2.53. The van der Waals surface area contributed by atoms with E-state index in [-0.39, 0.29) is 12.1 Å². The van der Waals surface area contributed by atoms with E-state index in [0.29, 0.717) is 17.3 Å². The van der Waals surface area contributed by atoms with Crippen molar-refractivity contribution in [2.45, 2.75) is 75.9 Å². The van der Waals surface area contributed by atoms with Crippen molar-refractivity contribution in [3.05, 3.63) is 0 Å². The maximum Gasteiger partial charge on any atom is 0.407 e. The lowest BCUT2D eigenvalue weighted by Crippen LogP contribution is -2.43. The van der Waals surface area contributed by atoms with Crippen LogP contribution in [-0.4, -0.2) is 40.8 Å². The number of hydrogen-bond acceptors (Lipinski definition) is 4. The molecule has 4 nitrogen and oxygen atoms in total. The Balaban J connectivity index is 1.68. The fraction of sp³-hybridized carbons (Fsp3) is 0.929. The first-order valence-electron chi connectivity index (χ1n) is 7.22. The van der Waals surface area contributed by atoms with Crippen molar-refractivity contribution in [1.82, 2.24) is 10.6 Å². The van der Waals surface area contributed by atoms with Crippen LogP contribution < -0.4 is 10.6 Å². The molecule has 0 aromatic carbocycles. The van der Waals surface area contributed by atoms with Gasteiger partial charge >= 0.3 is 6.09 Å². The van der Waals surface area contributed by atoms with Gasteiger partial charge in [-0.3, -0.25) is 0 Å². The second-order valence-electron chi connectivity index (χ2n) is 6.59. The average molecular weight is 286 g/mol. The van der Waals surface area contributed by atoms with Crippen LogP contribution >= 0.6 is 11.8 Å². The Morgan fingerprint density at radius 3 is 2.63 bits per heavy atom. The summed E-state index contributed by atoms with van der Waals surface area (Å²) in [6, 6.07) is 1.27. The predicted molar refractivity (Wildman–Crippen MR) is 79.6 cm³/mol. The molecule has 0 aromatic heterocycles. The molecule has 2 rings (SSSR count). The molecule has 2 aliphatic rings. The molecule has 1 saturated carbocycles. The highest BCUT2D eigenvalue weighted by Gasteiger charge is 2.41. The number of alkyl carbamates (subject to hydrolysis) is 1. The van der Waals surface area contributed by atoms with Gasteiger partial charge < -0.3 is 15.4 Å². The molecule has 2 N–H and O–H groups in total. The molecule has 110 valence electrons. The first-order chi connectivity index (χ1) is 8.85. The molecule has 0 bridgehead atoms. The first kappa shape index (κ1) is 15.0.